The standard InChI is InChI=1S/C11H16N2O2/c1-2-12-10-4-3-5-11(13-10)15-9-6-7-14-8-9/h3-5,9H,2,6-8H2,1H3,(H,12,13). The number of nitrogens with zero attached hydrogens (tertiary/aromatic N) is 1. The van der Waals surface area contributed by atoms with Crippen molar-refractivity contribution in [3.63, 3.8) is 0 Å². The molecule has 0 bridgehead atoms. The molecule has 1 aromatic rings. The maximum Gasteiger partial charge on any atom is 0.215 e. The molecule has 15 heavy (non-hydrogen) atoms. The molecule has 4 nitrogen and oxygen atoms in total. The summed E-state index contributed by atoms with van der Waals surface area (Å²) in [6.07, 6.45) is 1.11. The van der Waals surface area contributed by atoms with Crippen molar-refractivity contribution in [2.24, 2.45) is 0 Å². The normalized spacial score (nSPS) is 20.2. The highest BCUT2D eigenvalue weighted by molar-refractivity contribution is 5.36. The van der Waals surface area contributed by atoms with Crippen molar-refractivity contribution in [1.29, 1.82) is 0 Å². The molecule has 1 aromatic heterocycles. The van der Waals surface area contributed by atoms with Crippen LogP contribution >= 0.6 is 0 Å². The summed E-state index contributed by atoms with van der Waals surface area (Å²) in [4.78, 5) is 4.34. The molecule has 1 saturated heterocycles. The van der Waals surface area contributed by atoms with Crippen molar-refractivity contribution in [2.45, 2.75) is 19.4 Å². The molecule has 2 rings (SSSR count). The molecule has 1 N–H and O–H groups in total. The van der Waals surface area contributed by atoms with E-state index in [4.69, 9.17) is 9.47 Å². The van der Waals surface area contributed by atoms with Gasteiger partial charge in [0.1, 0.15) is 11.9 Å². The third kappa shape index (κ3) is 2.83. The van der Waals surface area contributed by atoms with Crippen LogP contribution in [0.2, 0.25) is 0 Å². The summed E-state index contributed by atoms with van der Waals surface area (Å²) in [7, 11) is 0. The van der Waals surface area contributed by atoms with Gasteiger partial charge in [0.25, 0.3) is 0 Å². The molecule has 1 unspecified atom stereocenters. The number of ether oxygens (including phenoxy) is 2. The Hall–Kier alpha value is -1.29. The van der Waals surface area contributed by atoms with Crippen molar-refractivity contribution in [3.8, 4) is 5.88 Å². The molecule has 0 aromatic carbocycles. The monoisotopic (exact) mass is 208 g/mol. The number of hydrogen-bond donors (Lipinski definition) is 1. The molecular formula is C11H16N2O2. The van der Waals surface area contributed by atoms with Crippen molar-refractivity contribution in [2.75, 3.05) is 25.1 Å². The first-order valence-corrected chi connectivity index (χ1v) is 5.34. The number of rotatable bonds is 4. The van der Waals surface area contributed by atoms with Gasteiger partial charge in [0.05, 0.1) is 13.2 Å². The molecule has 4 heteroatoms. The SMILES string of the molecule is CCNc1cccc(OC2CCOC2)n1. The van der Waals surface area contributed by atoms with Crippen LogP contribution in [0.15, 0.2) is 18.2 Å². The van der Waals surface area contributed by atoms with E-state index >= 15 is 0 Å². The molecule has 1 atom stereocenters. The van der Waals surface area contributed by atoms with Crippen LogP contribution in [0.3, 0.4) is 0 Å². The first-order chi connectivity index (χ1) is 7.38. The average molecular weight is 208 g/mol. The lowest BCUT2D eigenvalue weighted by molar-refractivity contribution is 0.138. The van der Waals surface area contributed by atoms with E-state index in [9.17, 15) is 0 Å². The minimum absolute atomic E-state index is 0.161. The van der Waals surface area contributed by atoms with Gasteiger partial charge < -0.3 is 14.8 Å². The summed E-state index contributed by atoms with van der Waals surface area (Å²) in [5.74, 6) is 1.53. The van der Waals surface area contributed by atoms with Gasteiger partial charge in [-0.3, -0.25) is 0 Å². The molecule has 2 heterocycles. The predicted molar refractivity (Wildman–Crippen MR) is 58.3 cm³/mol. The van der Waals surface area contributed by atoms with Gasteiger partial charge in [-0.1, -0.05) is 6.07 Å². The molecule has 1 aliphatic heterocycles. The van der Waals surface area contributed by atoms with Crippen LogP contribution in [0, 0.1) is 0 Å². The summed E-state index contributed by atoms with van der Waals surface area (Å²) in [6.45, 7) is 4.37. The van der Waals surface area contributed by atoms with E-state index in [0.29, 0.717) is 12.5 Å². The third-order valence-corrected chi connectivity index (χ3v) is 2.26. The average Bonchev–Trinajstić information content (AvgIpc) is 2.71. The number of nitrogens with one attached hydrogen (secondary N) is 1. The Balaban J connectivity index is 1.97. The fourth-order valence-corrected chi connectivity index (χ4v) is 1.54. The van der Waals surface area contributed by atoms with E-state index in [1.54, 1.807) is 0 Å². The third-order valence-electron chi connectivity index (χ3n) is 2.26. The fraction of sp³-hybridized carbons (Fsp3) is 0.545. The lowest BCUT2D eigenvalue weighted by Gasteiger charge is -2.11. The van der Waals surface area contributed by atoms with E-state index in [2.05, 4.69) is 10.3 Å². The van der Waals surface area contributed by atoms with Crippen LogP contribution in [0.1, 0.15) is 13.3 Å². The molecule has 0 radical (unpaired) electrons. The Bertz CT molecular complexity index is 311. The molecule has 0 aliphatic carbocycles. The van der Waals surface area contributed by atoms with Gasteiger partial charge in [-0.25, -0.2) is 0 Å². The van der Waals surface area contributed by atoms with E-state index < -0.39 is 0 Å². The maximum absolute atomic E-state index is 5.69. The highest BCUT2D eigenvalue weighted by Crippen LogP contribution is 2.16. The van der Waals surface area contributed by atoms with E-state index in [-0.39, 0.29) is 6.10 Å². The molecule has 0 spiro atoms. The first-order valence-electron chi connectivity index (χ1n) is 5.34. The fourth-order valence-electron chi connectivity index (χ4n) is 1.54. The summed E-state index contributed by atoms with van der Waals surface area (Å²) < 4.78 is 10.9. The van der Waals surface area contributed by atoms with Gasteiger partial charge in [-0.15, -0.1) is 0 Å². The molecule has 0 saturated carbocycles. The summed E-state index contributed by atoms with van der Waals surface area (Å²) in [5, 5.41) is 3.15. The van der Waals surface area contributed by atoms with Crippen LogP contribution in [0.5, 0.6) is 5.88 Å². The zero-order chi connectivity index (χ0) is 10.5. The van der Waals surface area contributed by atoms with Gasteiger partial charge in [-0.05, 0) is 13.0 Å². The second-order valence-corrected chi connectivity index (χ2v) is 3.49. The maximum atomic E-state index is 5.69. The second kappa shape index (κ2) is 4.98. The largest absolute Gasteiger partial charge is 0.472 e. The zero-order valence-electron chi connectivity index (χ0n) is 8.90. The Morgan fingerprint density at radius 1 is 1.60 bits per heavy atom. The van der Waals surface area contributed by atoms with Crippen molar-refractivity contribution < 1.29 is 9.47 Å². The zero-order valence-corrected chi connectivity index (χ0v) is 8.90. The highest BCUT2D eigenvalue weighted by Gasteiger charge is 2.17. The molecule has 0 amide bonds. The van der Waals surface area contributed by atoms with E-state index in [1.807, 2.05) is 25.1 Å². The number of hydrogen-bond acceptors (Lipinski definition) is 4. The molecule has 82 valence electrons. The molecule has 1 aliphatic rings. The summed E-state index contributed by atoms with van der Waals surface area (Å²) in [5.41, 5.74) is 0. The van der Waals surface area contributed by atoms with Gasteiger partial charge in [0, 0.05) is 19.0 Å². The van der Waals surface area contributed by atoms with Crippen molar-refractivity contribution in [3.05, 3.63) is 18.2 Å². The Labute approximate surface area is 89.6 Å². The van der Waals surface area contributed by atoms with Gasteiger partial charge >= 0.3 is 0 Å². The molecular weight excluding hydrogens is 192 g/mol. The Morgan fingerprint density at radius 3 is 3.27 bits per heavy atom. The second-order valence-electron chi connectivity index (χ2n) is 3.49. The Morgan fingerprint density at radius 2 is 2.53 bits per heavy atom. The van der Waals surface area contributed by atoms with Crippen molar-refractivity contribution in [1.82, 2.24) is 4.98 Å². The van der Waals surface area contributed by atoms with Crippen LogP contribution in [-0.2, 0) is 4.74 Å². The topological polar surface area (TPSA) is 43.4 Å². The summed E-state index contributed by atoms with van der Waals surface area (Å²) in [6, 6.07) is 5.75. The van der Waals surface area contributed by atoms with Gasteiger partial charge in [-0.2, -0.15) is 4.98 Å². The molecule has 1 fully saturated rings. The quantitative estimate of drug-likeness (QED) is 0.817. The first kappa shape index (κ1) is 10.2. The van der Waals surface area contributed by atoms with E-state index in [0.717, 1.165) is 25.4 Å². The predicted octanol–water partition coefficient (Wildman–Crippen LogP) is 1.68. The van der Waals surface area contributed by atoms with Gasteiger partial charge in [0.15, 0.2) is 0 Å². The highest BCUT2D eigenvalue weighted by atomic mass is 16.5. The minimum Gasteiger partial charge on any atom is -0.472 e. The van der Waals surface area contributed by atoms with Crippen LogP contribution in [-0.4, -0.2) is 30.8 Å². The van der Waals surface area contributed by atoms with Gasteiger partial charge in [0.2, 0.25) is 5.88 Å². The smallest absolute Gasteiger partial charge is 0.215 e. The van der Waals surface area contributed by atoms with E-state index in [1.165, 1.54) is 0 Å². The lowest BCUT2D eigenvalue weighted by Crippen LogP contribution is -2.16. The number of anilines is 1. The van der Waals surface area contributed by atoms with Crippen LogP contribution < -0.4 is 10.1 Å². The van der Waals surface area contributed by atoms with Crippen molar-refractivity contribution >= 4 is 5.82 Å². The van der Waals surface area contributed by atoms with Crippen LogP contribution in [0.4, 0.5) is 5.82 Å². The Kier molecular flexibility index (Phi) is 3.40. The summed E-state index contributed by atoms with van der Waals surface area (Å²) >= 11 is 0. The van der Waals surface area contributed by atoms with Crippen LogP contribution in [0.25, 0.3) is 0 Å². The minimum atomic E-state index is 0.161. The number of aromatic nitrogens is 1. The number of pyridine rings is 1. The lowest BCUT2D eigenvalue weighted by atomic mass is 10.3.